The molecule has 3 aromatic rings. The number of ether oxygens (including phenoxy) is 1. The van der Waals surface area contributed by atoms with E-state index >= 15 is 0 Å². The summed E-state index contributed by atoms with van der Waals surface area (Å²) in [5, 5.41) is 4.83. The highest BCUT2D eigenvalue weighted by Crippen LogP contribution is 2.36. The van der Waals surface area contributed by atoms with Crippen molar-refractivity contribution in [2.24, 2.45) is 5.73 Å². The lowest BCUT2D eigenvalue weighted by Crippen LogP contribution is -2.45. The fourth-order valence-electron chi connectivity index (χ4n) is 4.02. The number of amides is 3. The lowest BCUT2D eigenvalue weighted by molar-refractivity contribution is -0.122. The minimum Gasteiger partial charge on any atom is -0.395 e. The molecule has 11 heteroatoms. The van der Waals surface area contributed by atoms with Crippen molar-refractivity contribution in [2.45, 2.75) is 38.8 Å². The maximum atomic E-state index is 14.0. The van der Waals surface area contributed by atoms with Crippen LogP contribution < -0.4 is 21.7 Å². The zero-order valence-electron chi connectivity index (χ0n) is 19.4. The van der Waals surface area contributed by atoms with Gasteiger partial charge >= 0.3 is 0 Å². The third-order valence-corrected chi connectivity index (χ3v) is 7.62. The van der Waals surface area contributed by atoms with Gasteiger partial charge in [0, 0.05) is 23.7 Å². The monoisotopic (exact) mass is 513 g/mol. The minimum atomic E-state index is -0.970. The summed E-state index contributed by atoms with van der Waals surface area (Å²) in [6, 6.07) is 8.36. The van der Waals surface area contributed by atoms with E-state index in [0.29, 0.717) is 23.7 Å². The molecule has 9 nitrogen and oxygen atoms in total. The van der Waals surface area contributed by atoms with Gasteiger partial charge in [0.15, 0.2) is 11.7 Å². The zero-order valence-corrected chi connectivity index (χ0v) is 21.1. The van der Waals surface area contributed by atoms with Gasteiger partial charge in [-0.25, -0.2) is 0 Å². The molecule has 5 N–H and O–H groups in total. The van der Waals surface area contributed by atoms with Gasteiger partial charge in [-0.2, -0.15) is 4.37 Å². The van der Waals surface area contributed by atoms with E-state index in [9.17, 15) is 14.4 Å². The number of hydrogen-bond donors (Lipinski definition) is 3. The Labute approximate surface area is 211 Å². The number of thiophene rings is 1. The lowest BCUT2D eigenvalue weighted by atomic mass is 10.1. The second-order valence-corrected chi connectivity index (χ2v) is 10.2. The Morgan fingerprint density at radius 2 is 2.09 bits per heavy atom. The van der Waals surface area contributed by atoms with Crippen molar-refractivity contribution in [3.8, 4) is 0 Å². The predicted molar refractivity (Wildman–Crippen MR) is 137 cm³/mol. The third kappa shape index (κ3) is 5.21. The molecule has 0 spiro atoms. The van der Waals surface area contributed by atoms with Crippen molar-refractivity contribution >= 4 is 52.0 Å². The van der Waals surface area contributed by atoms with Crippen LogP contribution in [0.25, 0.3) is 0 Å². The van der Waals surface area contributed by atoms with Crippen molar-refractivity contribution in [3.05, 3.63) is 62.3 Å². The van der Waals surface area contributed by atoms with E-state index in [4.69, 9.17) is 16.2 Å². The van der Waals surface area contributed by atoms with Crippen molar-refractivity contribution in [3.63, 3.8) is 0 Å². The number of nitrogens with zero attached hydrogens (tertiary/aromatic N) is 2. The SMILES string of the molecule is Cc1ccc(C)c(N(C(=O)c2snc(C(N)=O)c2N)[C@H](C(=O)NC[C@@H]2CCCO2)c2cccs2)c1. The molecule has 0 aliphatic carbocycles. The Balaban J connectivity index is 1.80. The van der Waals surface area contributed by atoms with Crippen LogP contribution in [-0.2, 0) is 9.53 Å². The summed E-state index contributed by atoms with van der Waals surface area (Å²) in [6.07, 6.45) is 1.77. The van der Waals surface area contributed by atoms with E-state index in [1.165, 1.54) is 16.2 Å². The van der Waals surface area contributed by atoms with Crippen molar-refractivity contribution < 1.29 is 19.1 Å². The molecule has 0 unspecified atom stereocenters. The van der Waals surface area contributed by atoms with Crippen LogP contribution in [-0.4, -0.2) is 41.4 Å². The highest BCUT2D eigenvalue weighted by molar-refractivity contribution is 7.10. The molecule has 184 valence electrons. The number of carbonyl (C=O) groups is 3. The van der Waals surface area contributed by atoms with Crippen LogP contribution in [0.3, 0.4) is 0 Å². The standard InChI is InChI=1S/C24H27N5O4S2/c1-13-7-8-14(2)16(11-13)29(24(32)21-18(25)19(22(26)30)28-35-21)20(17-6-4-10-34-17)23(31)27-12-15-5-3-9-33-15/h4,6-8,10-11,15,20H,3,5,9,12,25H2,1-2H3,(H2,26,30)(H,27,31)/t15-,20-/m0/s1. The van der Waals surface area contributed by atoms with Gasteiger partial charge in [0.25, 0.3) is 11.8 Å². The predicted octanol–water partition coefficient (Wildman–Crippen LogP) is 3.19. The largest absolute Gasteiger partial charge is 0.395 e. The maximum Gasteiger partial charge on any atom is 0.273 e. The summed E-state index contributed by atoms with van der Waals surface area (Å²) < 4.78 is 9.64. The van der Waals surface area contributed by atoms with E-state index in [0.717, 1.165) is 35.5 Å². The zero-order chi connectivity index (χ0) is 25.1. The number of aryl methyl sites for hydroxylation is 2. The molecule has 1 fully saturated rings. The number of primary amides is 1. The number of carbonyl (C=O) groups excluding carboxylic acids is 3. The van der Waals surface area contributed by atoms with Crippen LogP contribution in [0, 0.1) is 13.8 Å². The van der Waals surface area contributed by atoms with Gasteiger partial charge in [0.1, 0.15) is 4.88 Å². The first-order valence-electron chi connectivity index (χ1n) is 11.2. The van der Waals surface area contributed by atoms with E-state index in [1.807, 2.05) is 49.6 Å². The average Bonchev–Trinajstić information content (AvgIpc) is 3.59. The molecule has 0 saturated carbocycles. The highest BCUT2D eigenvalue weighted by Gasteiger charge is 2.37. The summed E-state index contributed by atoms with van der Waals surface area (Å²) in [7, 11) is 0. The fourth-order valence-corrected chi connectivity index (χ4v) is 5.58. The molecular formula is C24H27N5O4S2. The number of anilines is 2. The Morgan fingerprint density at radius 3 is 2.71 bits per heavy atom. The third-order valence-electron chi connectivity index (χ3n) is 5.85. The number of nitrogens with one attached hydrogen (secondary N) is 1. The van der Waals surface area contributed by atoms with Crippen molar-refractivity contribution in [1.29, 1.82) is 0 Å². The Hall–Kier alpha value is -3.28. The first kappa shape index (κ1) is 24.8. The van der Waals surface area contributed by atoms with Gasteiger partial charge in [-0.15, -0.1) is 11.3 Å². The van der Waals surface area contributed by atoms with Crippen LogP contribution in [0.15, 0.2) is 35.7 Å². The molecule has 2 aromatic heterocycles. The van der Waals surface area contributed by atoms with E-state index < -0.39 is 17.9 Å². The molecule has 3 heterocycles. The topological polar surface area (TPSA) is 141 Å². The summed E-state index contributed by atoms with van der Waals surface area (Å²) in [5.74, 6) is -1.69. The highest BCUT2D eigenvalue weighted by atomic mass is 32.1. The maximum absolute atomic E-state index is 14.0. The molecule has 1 aromatic carbocycles. The van der Waals surface area contributed by atoms with Crippen LogP contribution in [0.5, 0.6) is 0 Å². The van der Waals surface area contributed by atoms with Gasteiger partial charge in [0.05, 0.1) is 11.8 Å². The quantitative estimate of drug-likeness (QED) is 0.422. The first-order valence-corrected chi connectivity index (χ1v) is 12.8. The fraction of sp³-hybridized carbons (Fsp3) is 0.333. The van der Waals surface area contributed by atoms with Crippen LogP contribution >= 0.6 is 22.9 Å². The molecule has 1 aliphatic rings. The number of benzene rings is 1. The van der Waals surface area contributed by atoms with E-state index in [1.54, 1.807) is 0 Å². The van der Waals surface area contributed by atoms with Gasteiger partial charge in [0.2, 0.25) is 5.91 Å². The molecule has 2 atom stereocenters. The summed E-state index contributed by atoms with van der Waals surface area (Å²) in [6.45, 7) is 4.81. The Morgan fingerprint density at radius 1 is 1.29 bits per heavy atom. The molecule has 3 amide bonds. The normalized spacial score (nSPS) is 16.1. The molecule has 4 rings (SSSR count). The van der Waals surface area contributed by atoms with Gasteiger partial charge in [-0.3, -0.25) is 19.3 Å². The van der Waals surface area contributed by atoms with Crippen molar-refractivity contribution in [2.75, 3.05) is 23.8 Å². The smallest absolute Gasteiger partial charge is 0.273 e. The molecule has 1 aliphatic heterocycles. The Bertz CT molecular complexity index is 1230. The van der Waals surface area contributed by atoms with Crippen molar-refractivity contribution in [1.82, 2.24) is 9.69 Å². The molecule has 1 saturated heterocycles. The summed E-state index contributed by atoms with van der Waals surface area (Å²) >= 11 is 2.16. The average molecular weight is 514 g/mol. The Kier molecular flexibility index (Phi) is 7.48. The number of nitrogens with two attached hydrogens (primary N) is 2. The molecular weight excluding hydrogens is 486 g/mol. The molecule has 35 heavy (non-hydrogen) atoms. The number of hydrogen-bond acceptors (Lipinski definition) is 8. The van der Waals surface area contributed by atoms with Gasteiger partial charge in [-0.05, 0) is 66.9 Å². The van der Waals surface area contributed by atoms with E-state index in [-0.39, 0.29) is 28.3 Å². The summed E-state index contributed by atoms with van der Waals surface area (Å²) in [4.78, 5) is 41.6. The van der Waals surface area contributed by atoms with Gasteiger partial charge in [-0.1, -0.05) is 18.2 Å². The summed E-state index contributed by atoms with van der Waals surface area (Å²) in [5.41, 5.74) is 13.5. The van der Waals surface area contributed by atoms with Crippen LogP contribution in [0.4, 0.5) is 11.4 Å². The first-order chi connectivity index (χ1) is 16.8. The molecule has 0 bridgehead atoms. The minimum absolute atomic E-state index is 0.0492. The second-order valence-electron chi connectivity index (χ2n) is 8.40. The van der Waals surface area contributed by atoms with Crippen LogP contribution in [0.1, 0.15) is 55.0 Å². The van der Waals surface area contributed by atoms with E-state index in [2.05, 4.69) is 9.69 Å². The van der Waals surface area contributed by atoms with Crippen LogP contribution in [0.2, 0.25) is 0 Å². The molecule has 0 radical (unpaired) electrons. The second kappa shape index (κ2) is 10.5. The van der Waals surface area contributed by atoms with Gasteiger partial charge < -0.3 is 21.5 Å². The number of rotatable bonds is 8. The number of nitrogen functional groups attached to an aromatic ring is 1. The number of aromatic nitrogens is 1. The lowest BCUT2D eigenvalue weighted by Gasteiger charge is -2.32.